The summed E-state index contributed by atoms with van der Waals surface area (Å²) in [4.78, 5) is 12.1. The van der Waals surface area contributed by atoms with Crippen LogP contribution in [-0.4, -0.2) is 35.7 Å². The molecule has 1 aromatic heterocycles. The number of aliphatic imine (C=N–C) groups is 1. The molecule has 0 radical (unpaired) electrons. The van der Waals surface area contributed by atoms with Crippen molar-refractivity contribution in [3.8, 4) is 0 Å². The summed E-state index contributed by atoms with van der Waals surface area (Å²) in [5.41, 5.74) is 6.86. The predicted molar refractivity (Wildman–Crippen MR) is 105 cm³/mol. The molecule has 0 N–H and O–H groups in total. The van der Waals surface area contributed by atoms with Crippen molar-refractivity contribution in [3.05, 3.63) is 45.8 Å². The van der Waals surface area contributed by atoms with Crippen molar-refractivity contribution in [3.63, 3.8) is 0 Å². The van der Waals surface area contributed by atoms with E-state index in [1.54, 1.807) is 0 Å². The number of hydrogen-bond acceptors (Lipinski definition) is 5. The first-order valence-electron chi connectivity index (χ1n) is 8.77. The number of aryl methyl sites for hydroxylation is 4. The molecule has 6 nitrogen and oxygen atoms in total. The van der Waals surface area contributed by atoms with Gasteiger partial charge in [-0.25, -0.2) is 4.99 Å². The van der Waals surface area contributed by atoms with Crippen LogP contribution in [0.1, 0.15) is 47.6 Å². The lowest BCUT2D eigenvalue weighted by molar-refractivity contribution is 0.129. The Morgan fingerprint density at radius 2 is 1.96 bits per heavy atom. The fourth-order valence-electron chi connectivity index (χ4n) is 2.52. The summed E-state index contributed by atoms with van der Waals surface area (Å²) in [5.74, 6) is 0.765. The molecule has 0 unspecified atom stereocenters. The number of rotatable bonds is 7. The number of nitrogens with zero attached hydrogens (tertiary/aromatic N) is 4. The van der Waals surface area contributed by atoms with Gasteiger partial charge in [0.05, 0.1) is 29.0 Å². The third kappa shape index (κ3) is 4.71. The van der Waals surface area contributed by atoms with Crippen molar-refractivity contribution in [2.24, 2.45) is 10.1 Å². The first-order chi connectivity index (χ1) is 12.3. The predicted octanol–water partition coefficient (Wildman–Crippen LogP) is 4.46. The van der Waals surface area contributed by atoms with Gasteiger partial charge in [0.15, 0.2) is 0 Å². The van der Waals surface area contributed by atoms with Crippen molar-refractivity contribution in [1.29, 1.82) is 0 Å². The molecular weight excluding hydrogens is 328 g/mol. The van der Waals surface area contributed by atoms with E-state index >= 15 is 0 Å². The topological polar surface area (TPSA) is 63.2 Å². The highest BCUT2D eigenvalue weighted by Crippen LogP contribution is 2.24. The Bertz CT molecular complexity index is 802. The standard InChI is InChI=1S/C20H28N4O2/c1-8-24(7)12-21-20-10-13(2)18(9-14(20)3)15(4)22-25-11-19-16(5)23-26-17(19)6/h9-10,12H,8,11H2,1-7H3/b21-12-,22-15+. The van der Waals surface area contributed by atoms with Gasteiger partial charge < -0.3 is 14.3 Å². The van der Waals surface area contributed by atoms with Gasteiger partial charge in [0.2, 0.25) is 0 Å². The first kappa shape index (κ1) is 19.7. The average Bonchev–Trinajstić information content (AvgIpc) is 2.93. The summed E-state index contributed by atoms with van der Waals surface area (Å²) in [6.07, 6.45) is 1.86. The zero-order valence-electron chi connectivity index (χ0n) is 16.8. The molecule has 0 saturated carbocycles. The van der Waals surface area contributed by atoms with Crippen molar-refractivity contribution in [1.82, 2.24) is 10.1 Å². The molecule has 0 aliphatic rings. The van der Waals surface area contributed by atoms with E-state index in [4.69, 9.17) is 9.36 Å². The maximum absolute atomic E-state index is 5.53. The second-order valence-electron chi connectivity index (χ2n) is 6.52. The van der Waals surface area contributed by atoms with Crippen molar-refractivity contribution < 1.29 is 9.36 Å². The van der Waals surface area contributed by atoms with E-state index < -0.39 is 0 Å². The Balaban J connectivity index is 2.14. The monoisotopic (exact) mass is 356 g/mol. The van der Waals surface area contributed by atoms with Crippen LogP contribution in [0.25, 0.3) is 0 Å². The lowest BCUT2D eigenvalue weighted by Gasteiger charge is -2.11. The number of hydrogen-bond donors (Lipinski definition) is 0. The minimum Gasteiger partial charge on any atom is -0.390 e. The van der Waals surface area contributed by atoms with Crippen molar-refractivity contribution in [2.45, 2.75) is 48.1 Å². The van der Waals surface area contributed by atoms with Crippen LogP contribution in [0.5, 0.6) is 0 Å². The lowest BCUT2D eigenvalue weighted by Crippen LogP contribution is -2.14. The van der Waals surface area contributed by atoms with E-state index in [1.807, 2.05) is 39.1 Å². The van der Waals surface area contributed by atoms with E-state index in [0.717, 1.165) is 51.7 Å². The largest absolute Gasteiger partial charge is 0.390 e. The van der Waals surface area contributed by atoms with E-state index in [1.165, 1.54) is 0 Å². The van der Waals surface area contributed by atoms with Crippen LogP contribution >= 0.6 is 0 Å². The number of benzene rings is 1. The molecule has 6 heteroatoms. The molecular formula is C20H28N4O2. The molecule has 2 rings (SSSR count). The maximum Gasteiger partial charge on any atom is 0.147 e. The van der Waals surface area contributed by atoms with Crippen LogP contribution < -0.4 is 0 Å². The van der Waals surface area contributed by atoms with Crippen LogP contribution in [-0.2, 0) is 11.4 Å². The molecule has 0 bridgehead atoms. The number of oxime groups is 1. The van der Waals surface area contributed by atoms with Crippen LogP contribution in [0.3, 0.4) is 0 Å². The van der Waals surface area contributed by atoms with Gasteiger partial charge in [0.25, 0.3) is 0 Å². The second-order valence-corrected chi connectivity index (χ2v) is 6.52. The van der Waals surface area contributed by atoms with Gasteiger partial charge in [-0.1, -0.05) is 10.3 Å². The van der Waals surface area contributed by atoms with Crippen LogP contribution in [0.2, 0.25) is 0 Å². The maximum atomic E-state index is 5.53. The quantitative estimate of drug-likeness (QED) is 0.417. The molecule has 0 fully saturated rings. The van der Waals surface area contributed by atoms with Gasteiger partial charge in [-0.15, -0.1) is 0 Å². The highest BCUT2D eigenvalue weighted by Gasteiger charge is 2.10. The zero-order valence-corrected chi connectivity index (χ0v) is 16.8. The van der Waals surface area contributed by atoms with E-state index in [-0.39, 0.29) is 0 Å². The summed E-state index contributed by atoms with van der Waals surface area (Å²) in [7, 11) is 2.01. The van der Waals surface area contributed by atoms with Gasteiger partial charge in [-0.2, -0.15) is 0 Å². The van der Waals surface area contributed by atoms with Gasteiger partial charge in [-0.3, -0.25) is 0 Å². The minimum atomic E-state index is 0.349. The van der Waals surface area contributed by atoms with Crippen LogP contribution in [0, 0.1) is 27.7 Å². The third-order valence-electron chi connectivity index (χ3n) is 4.42. The van der Waals surface area contributed by atoms with Crippen LogP contribution in [0.15, 0.2) is 26.8 Å². The highest BCUT2D eigenvalue weighted by molar-refractivity contribution is 6.00. The molecule has 0 spiro atoms. The van der Waals surface area contributed by atoms with E-state index in [2.05, 4.69) is 48.2 Å². The van der Waals surface area contributed by atoms with Gasteiger partial charge in [-0.05, 0) is 64.8 Å². The minimum absolute atomic E-state index is 0.349. The normalized spacial score (nSPS) is 12.0. The Morgan fingerprint density at radius 1 is 1.23 bits per heavy atom. The molecule has 140 valence electrons. The zero-order chi connectivity index (χ0) is 19.3. The molecule has 0 aliphatic carbocycles. The molecule has 1 aromatic carbocycles. The summed E-state index contributed by atoms with van der Waals surface area (Å²) in [5, 5.41) is 8.19. The molecule has 2 aromatic rings. The summed E-state index contributed by atoms with van der Waals surface area (Å²) < 4.78 is 5.14. The third-order valence-corrected chi connectivity index (χ3v) is 4.42. The molecule has 0 saturated heterocycles. The fraction of sp³-hybridized carbons (Fsp3) is 0.450. The lowest BCUT2D eigenvalue weighted by atomic mass is 10.0. The summed E-state index contributed by atoms with van der Waals surface area (Å²) in [6.45, 7) is 13.2. The van der Waals surface area contributed by atoms with E-state index in [0.29, 0.717) is 6.61 Å². The fourth-order valence-corrected chi connectivity index (χ4v) is 2.52. The Labute approximate surface area is 155 Å². The Hall–Kier alpha value is -2.63. The molecule has 1 heterocycles. The number of aromatic nitrogens is 1. The molecule has 0 atom stereocenters. The Kier molecular flexibility index (Phi) is 6.55. The smallest absolute Gasteiger partial charge is 0.147 e. The van der Waals surface area contributed by atoms with Gasteiger partial charge in [0, 0.05) is 19.2 Å². The average molecular weight is 356 g/mol. The second kappa shape index (κ2) is 8.65. The van der Waals surface area contributed by atoms with Crippen molar-refractivity contribution >= 4 is 17.7 Å². The Morgan fingerprint density at radius 3 is 2.58 bits per heavy atom. The summed E-state index contributed by atoms with van der Waals surface area (Å²) in [6, 6.07) is 4.18. The first-order valence-corrected chi connectivity index (χ1v) is 8.77. The van der Waals surface area contributed by atoms with Gasteiger partial charge in [0.1, 0.15) is 12.4 Å². The summed E-state index contributed by atoms with van der Waals surface area (Å²) >= 11 is 0. The van der Waals surface area contributed by atoms with Crippen LogP contribution in [0.4, 0.5) is 5.69 Å². The van der Waals surface area contributed by atoms with Gasteiger partial charge >= 0.3 is 0 Å². The van der Waals surface area contributed by atoms with E-state index in [9.17, 15) is 0 Å². The molecule has 0 amide bonds. The molecule has 0 aliphatic heterocycles. The highest BCUT2D eigenvalue weighted by atomic mass is 16.6. The SMILES string of the molecule is CCN(C)/C=N\c1cc(C)c(/C(C)=N/OCc2c(C)noc2C)cc1C. The van der Waals surface area contributed by atoms with Crippen molar-refractivity contribution in [2.75, 3.05) is 13.6 Å². The molecule has 26 heavy (non-hydrogen) atoms.